The van der Waals surface area contributed by atoms with Crippen molar-refractivity contribution in [2.24, 2.45) is 0 Å². The molecule has 1 heterocycles. The first-order chi connectivity index (χ1) is 8.15. The maximum absolute atomic E-state index is 4.65. The van der Waals surface area contributed by atoms with E-state index in [0.717, 1.165) is 34.4 Å². The fourth-order valence-electron chi connectivity index (χ4n) is 2.14. The molecule has 1 aromatic carbocycles. The van der Waals surface area contributed by atoms with Gasteiger partial charge in [0.1, 0.15) is 5.82 Å². The average Bonchev–Trinajstić information content (AvgIpc) is 2.73. The highest BCUT2D eigenvalue weighted by molar-refractivity contribution is 9.10. The van der Waals surface area contributed by atoms with Crippen LogP contribution < -0.4 is 0 Å². The van der Waals surface area contributed by atoms with Gasteiger partial charge in [-0.3, -0.25) is 4.90 Å². The smallest absolute Gasteiger partial charge is 0.124 e. The number of aromatic amines is 1. The predicted molar refractivity (Wildman–Crippen MR) is 75.1 cm³/mol. The molecule has 0 aliphatic heterocycles. The van der Waals surface area contributed by atoms with Gasteiger partial charge in [0.25, 0.3) is 0 Å². The lowest BCUT2D eigenvalue weighted by molar-refractivity contribution is 0.227. The molecule has 4 heteroatoms. The summed E-state index contributed by atoms with van der Waals surface area (Å²) in [5.74, 6) is 1.04. The molecule has 0 radical (unpaired) electrons. The number of benzene rings is 1. The molecule has 1 atom stereocenters. The minimum absolute atomic E-state index is 0.330. The number of aromatic nitrogens is 2. The molecule has 0 amide bonds. The lowest BCUT2D eigenvalue weighted by atomic mass is 10.2. The molecule has 3 nitrogen and oxygen atoms in total. The number of imidazole rings is 1. The molecule has 2 rings (SSSR count). The average molecular weight is 296 g/mol. The van der Waals surface area contributed by atoms with Crippen LogP contribution in [0.25, 0.3) is 11.0 Å². The second-order valence-corrected chi connectivity index (χ2v) is 5.10. The van der Waals surface area contributed by atoms with E-state index in [9.17, 15) is 0 Å². The fraction of sp³-hybridized carbons (Fsp3) is 0.462. The van der Waals surface area contributed by atoms with Crippen molar-refractivity contribution in [2.45, 2.75) is 26.8 Å². The molecular formula is C13H18BrN3. The summed E-state index contributed by atoms with van der Waals surface area (Å²) in [5, 5.41) is 0. The lowest BCUT2D eigenvalue weighted by Crippen LogP contribution is -2.27. The summed E-state index contributed by atoms with van der Waals surface area (Å²) < 4.78 is 1.08. The number of nitrogens with zero attached hydrogens (tertiary/aromatic N) is 2. The molecule has 0 fully saturated rings. The standard InChI is InChI=1S/C13H18BrN3/c1-4-17(5-2)9(3)13-15-11-7-6-10(14)8-12(11)16-13/h6-9H,4-5H2,1-3H3,(H,15,16). The zero-order valence-corrected chi connectivity index (χ0v) is 12.1. The van der Waals surface area contributed by atoms with Crippen molar-refractivity contribution in [3.63, 3.8) is 0 Å². The van der Waals surface area contributed by atoms with Crippen LogP contribution in [0, 0.1) is 0 Å². The number of rotatable bonds is 4. The Balaban J connectivity index is 2.35. The molecule has 1 unspecified atom stereocenters. The Morgan fingerprint density at radius 1 is 1.35 bits per heavy atom. The quantitative estimate of drug-likeness (QED) is 0.932. The second-order valence-electron chi connectivity index (χ2n) is 4.18. The van der Waals surface area contributed by atoms with Gasteiger partial charge >= 0.3 is 0 Å². The second kappa shape index (κ2) is 5.19. The van der Waals surface area contributed by atoms with Crippen molar-refractivity contribution in [1.29, 1.82) is 0 Å². The molecule has 92 valence electrons. The molecule has 0 aliphatic carbocycles. The van der Waals surface area contributed by atoms with Gasteiger partial charge in [-0.1, -0.05) is 29.8 Å². The largest absolute Gasteiger partial charge is 0.341 e. The van der Waals surface area contributed by atoms with E-state index in [-0.39, 0.29) is 0 Å². The number of hydrogen-bond acceptors (Lipinski definition) is 2. The Morgan fingerprint density at radius 3 is 2.71 bits per heavy atom. The van der Waals surface area contributed by atoms with Crippen LogP contribution in [0.4, 0.5) is 0 Å². The zero-order valence-electron chi connectivity index (χ0n) is 10.5. The highest BCUT2D eigenvalue weighted by Gasteiger charge is 2.16. The Labute approximate surface area is 110 Å². The molecule has 0 saturated heterocycles. The maximum atomic E-state index is 4.65. The van der Waals surface area contributed by atoms with Crippen LogP contribution in [0.3, 0.4) is 0 Å². The maximum Gasteiger partial charge on any atom is 0.124 e. The van der Waals surface area contributed by atoms with Crippen molar-refractivity contribution in [2.75, 3.05) is 13.1 Å². The third-order valence-corrected chi connectivity index (χ3v) is 3.71. The van der Waals surface area contributed by atoms with Crippen molar-refractivity contribution >= 4 is 27.0 Å². The lowest BCUT2D eigenvalue weighted by Gasteiger charge is -2.24. The van der Waals surface area contributed by atoms with Gasteiger partial charge in [0.05, 0.1) is 17.1 Å². The van der Waals surface area contributed by atoms with Crippen LogP contribution in [-0.4, -0.2) is 28.0 Å². The van der Waals surface area contributed by atoms with Crippen LogP contribution in [0.1, 0.15) is 32.6 Å². The summed E-state index contributed by atoms with van der Waals surface area (Å²) in [5.41, 5.74) is 2.12. The van der Waals surface area contributed by atoms with E-state index < -0.39 is 0 Å². The van der Waals surface area contributed by atoms with Crippen LogP contribution >= 0.6 is 15.9 Å². The molecule has 1 N–H and O–H groups in total. The summed E-state index contributed by atoms with van der Waals surface area (Å²) in [4.78, 5) is 10.4. The number of fused-ring (bicyclic) bond motifs is 1. The Morgan fingerprint density at radius 2 is 2.06 bits per heavy atom. The van der Waals surface area contributed by atoms with Gasteiger partial charge in [-0.15, -0.1) is 0 Å². The SMILES string of the molecule is CCN(CC)C(C)c1nc2ccc(Br)cc2[nH]1. The molecular weight excluding hydrogens is 278 g/mol. The van der Waals surface area contributed by atoms with E-state index in [1.807, 2.05) is 12.1 Å². The summed E-state index contributed by atoms with van der Waals surface area (Å²) in [6.07, 6.45) is 0. The fourth-order valence-corrected chi connectivity index (χ4v) is 2.50. The van der Waals surface area contributed by atoms with Crippen molar-refractivity contribution in [3.05, 3.63) is 28.5 Å². The number of hydrogen-bond donors (Lipinski definition) is 1. The van der Waals surface area contributed by atoms with E-state index in [4.69, 9.17) is 0 Å². The first-order valence-corrected chi connectivity index (χ1v) is 6.84. The topological polar surface area (TPSA) is 31.9 Å². The summed E-state index contributed by atoms with van der Waals surface area (Å²) in [6, 6.07) is 6.46. The third-order valence-electron chi connectivity index (χ3n) is 3.22. The van der Waals surface area contributed by atoms with Gasteiger partial charge in [0.15, 0.2) is 0 Å². The van der Waals surface area contributed by atoms with Gasteiger partial charge in [0, 0.05) is 4.47 Å². The highest BCUT2D eigenvalue weighted by atomic mass is 79.9. The van der Waals surface area contributed by atoms with Gasteiger partial charge in [0.2, 0.25) is 0 Å². The first kappa shape index (κ1) is 12.6. The Bertz CT molecular complexity index is 502. The Hall–Kier alpha value is -0.870. The number of H-pyrrole nitrogens is 1. The van der Waals surface area contributed by atoms with Crippen molar-refractivity contribution in [1.82, 2.24) is 14.9 Å². The number of halogens is 1. The van der Waals surface area contributed by atoms with E-state index in [1.165, 1.54) is 0 Å². The summed E-state index contributed by atoms with van der Waals surface area (Å²) >= 11 is 3.48. The monoisotopic (exact) mass is 295 g/mol. The van der Waals surface area contributed by atoms with Crippen molar-refractivity contribution in [3.8, 4) is 0 Å². The van der Waals surface area contributed by atoms with Gasteiger partial charge < -0.3 is 4.98 Å². The molecule has 0 bridgehead atoms. The first-order valence-electron chi connectivity index (χ1n) is 6.05. The normalized spacial score (nSPS) is 13.5. The van der Waals surface area contributed by atoms with Gasteiger partial charge in [-0.25, -0.2) is 4.98 Å². The number of nitrogens with one attached hydrogen (secondary N) is 1. The zero-order chi connectivity index (χ0) is 12.4. The third kappa shape index (κ3) is 2.53. The minimum atomic E-state index is 0.330. The van der Waals surface area contributed by atoms with Gasteiger partial charge in [-0.2, -0.15) is 0 Å². The van der Waals surface area contributed by atoms with Crippen LogP contribution in [0.2, 0.25) is 0 Å². The molecule has 0 aliphatic rings. The van der Waals surface area contributed by atoms with Gasteiger partial charge in [-0.05, 0) is 38.2 Å². The molecule has 0 saturated carbocycles. The summed E-state index contributed by atoms with van der Waals surface area (Å²) in [7, 11) is 0. The molecule has 0 spiro atoms. The predicted octanol–water partition coefficient (Wildman–Crippen LogP) is 3.73. The van der Waals surface area contributed by atoms with E-state index in [1.54, 1.807) is 0 Å². The van der Waals surface area contributed by atoms with E-state index in [0.29, 0.717) is 6.04 Å². The van der Waals surface area contributed by atoms with Crippen LogP contribution in [0.15, 0.2) is 22.7 Å². The highest BCUT2D eigenvalue weighted by Crippen LogP contribution is 2.22. The van der Waals surface area contributed by atoms with Crippen molar-refractivity contribution < 1.29 is 0 Å². The minimum Gasteiger partial charge on any atom is -0.341 e. The molecule has 2 aromatic rings. The molecule has 1 aromatic heterocycles. The molecule has 17 heavy (non-hydrogen) atoms. The van der Waals surface area contributed by atoms with Crippen LogP contribution in [-0.2, 0) is 0 Å². The van der Waals surface area contributed by atoms with E-state index >= 15 is 0 Å². The van der Waals surface area contributed by atoms with E-state index in [2.05, 4.69) is 57.6 Å². The summed E-state index contributed by atoms with van der Waals surface area (Å²) in [6.45, 7) is 8.63. The Kier molecular flexibility index (Phi) is 3.84. The van der Waals surface area contributed by atoms with Crippen LogP contribution in [0.5, 0.6) is 0 Å².